The van der Waals surface area contributed by atoms with Gasteiger partial charge in [-0.2, -0.15) is 0 Å². The van der Waals surface area contributed by atoms with Gasteiger partial charge in [0.05, 0.1) is 30.0 Å². The minimum atomic E-state index is -1.71. The standard InChI is InChI=1S/C25H30O12/c1-25(33)9-8-14-15(22(31)32)11-34-23(18(14)25)37-24-21(20(30)19(29)16(10-26)35-24)36-17(28)7-4-12-2-5-13(27)6-3-12/h2-7,11,14,16,18-21,23-24,26-27,29-30,33H,8-10H2,1H3,(H,31,32)/b7-4+/t14-,16-,18-,19-,20+,21-,23+,24+,25+/m1/s1. The third kappa shape index (κ3) is 5.64. The van der Waals surface area contributed by atoms with Gasteiger partial charge >= 0.3 is 11.9 Å². The molecule has 0 unspecified atom stereocenters. The van der Waals surface area contributed by atoms with E-state index in [1.807, 2.05) is 0 Å². The summed E-state index contributed by atoms with van der Waals surface area (Å²) in [5.74, 6) is -3.46. The minimum Gasteiger partial charge on any atom is -0.508 e. The number of esters is 1. The molecule has 0 radical (unpaired) electrons. The molecule has 2 aliphatic heterocycles. The fourth-order valence-corrected chi connectivity index (χ4v) is 5.04. The summed E-state index contributed by atoms with van der Waals surface area (Å²) < 4.78 is 22.3. The number of rotatable bonds is 7. The van der Waals surface area contributed by atoms with E-state index in [1.165, 1.54) is 25.1 Å². The molecule has 4 rings (SSSR count). The minimum absolute atomic E-state index is 0.0155. The Balaban J connectivity index is 1.55. The van der Waals surface area contributed by atoms with Crippen molar-refractivity contribution in [1.82, 2.24) is 0 Å². The van der Waals surface area contributed by atoms with Crippen molar-refractivity contribution in [2.45, 2.75) is 62.4 Å². The molecular formula is C25H30O12. The van der Waals surface area contributed by atoms with Crippen LogP contribution >= 0.6 is 0 Å². The highest BCUT2D eigenvalue weighted by atomic mass is 16.8. The van der Waals surface area contributed by atoms with Gasteiger partial charge in [-0.3, -0.25) is 0 Å². The van der Waals surface area contributed by atoms with Gasteiger partial charge in [0.15, 0.2) is 6.10 Å². The van der Waals surface area contributed by atoms with Crippen LogP contribution < -0.4 is 0 Å². The molecule has 0 spiro atoms. The number of carboxylic acid groups (broad SMARTS) is 1. The number of ether oxygens (including phenoxy) is 4. The average Bonchev–Trinajstić information content (AvgIpc) is 3.18. The quantitative estimate of drug-likeness (QED) is 0.206. The molecule has 202 valence electrons. The van der Waals surface area contributed by atoms with Gasteiger partial charge in [-0.05, 0) is 43.5 Å². The molecule has 0 amide bonds. The van der Waals surface area contributed by atoms with Crippen LogP contribution in [0, 0.1) is 11.8 Å². The molecule has 6 N–H and O–H groups in total. The number of carboxylic acids is 1. The van der Waals surface area contributed by atoms with Crippen molar-refractivity contribution in [3.63, 3.8) is 0 Å². The highest BCUT2D eigenvalue weighted by Crippen LogP contribution is 2.49. The summed E-state index contributed by atoms with van der Waals surface area (Å²) in [7, 11) is 0. The van der Waals surface area contributed by atoms with Crippen molar-refractivity contribution in [2.75, 3.05) is 6.61 Å². The summed E-state index contributed by atoms with van der Waals surface area (Å²) in [5, 5.41) is 60.4. The molecule has 3 aliphatic rings. The van der Waals surface area contributed by atoms with Gasteiger partial charge in [-0.15, -0.1) is 0 Å². The maximum atomic E-state index is 12.5. The van der Waals surface area contributed by atoms with Gasteiger partial charge in [0.2, 0.25) is 12.6 Å². The first kappa shape index (κ1) is 27.0. The molecule has 2 heterocycles. The van der Waals surface area contributed by atoms with Crippen molar-refractivity contribution >= 4 is 18.0 Å². The fourth-order valence-electron chi connectivity index (χ4n) is 5.04. The van der Waals surface area contributed by atoms with Crippen LogP contribution in [-0.4, -0.2) is 91.8 Å². The molecular weight excluding hydrogens is 492 g/mol. The number of hydrogen-bond donors (Lipinski definition) is 6. The predicted molar refractivity (Wildman–Crippen MR) is 123 cm³/mol. The Morgan fingerprint density at radius 3 is 2.51 bits per heavy atom. The molecule has 0 aromatic heterocycles. The number of phenolic OH excluding ortho intramolecular Hbond substituents is 1. The van der Waals surface area contributed by atoms with Gasteiger partial charge in [-0.25, -0.2) is 9.59 Å². The summed E-state index contributed by atoms with van der Waals surface area (Å²) in [5.41, 5.74) is -0.792. The SMILES string of the molecule is C[C@]1(O)CC[C@@H]2C(C(=O)O)=CO[C@@H](O[C@@H]3O[C@H](CO)[C@@H](O)[C@H](O)[C@H]3OC(=O)/C=C/c3ccc(O)cc3)[C@@H]21. The van der Waals surface area contributed by atoms with Gasteiger partial charge in [0, 0.05) is 12.0 Å². The monoisotopic (exact) mass is 522 g/mol. The zero-order chi connectivity index (χ0) is 26.9. The number of aliphatic hydroxyl groups is 4. The number of aliphatic hydroxyl groups excluding tert-OH is 3. The largest absolute Gasteiger partial charge is 0.508 e. The summed E-state index contributed by atoms with van der Waals surface area (Å²) >= 11 is 0. The van der Waals surface area contributed by atoms with Crippen LogP contribution in [-0.2, 0) is 28.5 Å². The van der Waals surface area contributed by atoms with Crippen LogP contribution in [0.15, 0.2) is 42.2 Å². The second-order valence-corrected chi connectivity index (χ2v) is 9.58. The number of aliphatic carboxylic acids is 1. The number of aromatic hydroxyl groups is 1. The smallest absolute Gasteiger partial charge is 0.334 e. The molecule has 0 bridgehead atoms. The molecule has 12 heteroatoms. The topological polar surface area (TPSA) is 192 Å². The average molecular weight is 523 g/mol. The first-order valence-corrected chi connectivity index (χ1v) is 11.8. The van der Waals surface area contributed by atoms with Crippen molar-refractivity contribution in [1.29, 1.82) is 0 Å². The lowest BCUT2D eigenvalue weighted by atomic mass is 9.81. The molecule has 1 saturated carbocycles. The van der Waals surface area contributed by atoms with Gasteiger partial charge in [-0.1, -0.05) is 12.1 Å². The molecule has 1 aliphatic carbocycles. The van der Waals surface area contributed by atoms with Crippen LogP contribution in [0.2, 0.25) is 0 Å². The van der Waals surface area contributed by atoms with Gasteiger partial charge in [0.1, 0.15) is 24.1 Å². The Morgan fingerprint density at radius 1 is 1.16 bits per heavy atom. The maximum absolute atomic E-state index is 12.5. The van der Waals surface area contributed by atoms with Crippen LogP contribution in [0.25, 0.3) is 6.08 Å². The van der Waals surface area contributed by atoms with E-state index >= 15 is 0 Å². The number of carbonyl (C=O) groups excluding carboxylic acids is 1. The Kier molecular flexibility index (Phi) is 7.88. The summed E-state index contributed by atoms with van der Waals surface area (Å²) in [6, 6.07) is 5.97. The van der Waals surface area contributed by atoms with Crippen molar-refractivity contribution in [2.24, 2.45) is 11.8 Å². The number of hydrogen-bond acceptors (Lipinski definition) is 11. The van der Waals surface area contributed by atoms with Crippen LogP contribution in [0.4, 0.5) is 0 Å². The van der Waals surface area contributed by atoms with Crippen molar-refractivity contribution < 1.29 is 59.2 Å². The first-order chi connectivity index (χ1) is 17.5. The summed E-state index contributed by atoms with van der Waals surface area (Å²) in [4.78, 5) is 24.2. The van der Waals surface area contributed by atoms with E-state index in [0.717, 1.165) is 12.3 Å². The molecule has 9 atom stereocenters. The third-order valence-corrected chi connectivity index (χ3v) is 7.03. The Hall–Kier alpha value is -3.00. The molecule has 1 saturated heterocycles. The normalized spacial score (nSPS) is 37.5. The van der Waals surface area contributed by atoms with E-state index in [-0.39, 0.29) is 17.7 Å². The molecule has 37 heavy (non-hydrogen) atoms. The van der Waals surface area contributed by atoms with Crippen molar-refractivity contribution in [3.8, 4) is 5.75 Å². The molecule has 1 aromatic carbocycles. The predicted octanol–water partition coefficient (Wildman–Crippen LogP) is -0.125. The Morgan fingerprint density at radius 2 is 1.86 bits per heavy atom. The maximum Gasteiger partial charge on any atom is 0.334 e. The van der Waals surface area contributed by atoms with Crippen LogP contribution in [0.3, 0.4) is 0 Å². The highest BCUT2D eigenvalue weighted by molar-refractivity contribution is 5.87. The molecule has 1 aromatic rings. The van der Waals surface area contributed by atoms with E-state index in [4.69, 9.17) is 18.9 Å². The zero-order valence-corrected chi connectivity index (χ0v) is 19.9. The zero-order valence-electron chi connectivity index (χ0n) is 19.9. The van der Waals surface area contributed by atoms with E-state index in [9.17, 15) is 40.2 Å². The number of benzene rings is 1. The van der Waals surface area contributed by atoms with E-state index in [1.54, 1.807) is 12.1 Å². The Bertz CT molecular complexity index is 1050. The second-order valence-electron chi connectivity index (χ2n) is 9.58. The lowest BCUT2D eigenvalue weighted by molar-refractivity contribution is -0.346. The Labute approximate surface area is 212 Å². The second kappa shape index (κ2) is 10.8. The van der Waals surface area contributed by atoms with Gasteiger partial charge in [0.25, 0.3) is 0 Å². The molecule has 12 nitrogen and oxygen atoms in total. The number of phenols is 1. The number of carbonyl (C=O) groups is 2. The third-order valence-electron chi connectivity index (χ3n) is 7.03. The lowest BCUT2D eigenvalue weighted by Gasteiger charge is -2.44. The molecule has 2 fully saturated rings. The summed E-state index contributed by atoms with van der Waals surface area (Å²) in [6.07, 6.45) is -4.80. The van der Waals surface area contributed by atoms with E-state index in [2.05, 4.69) is 0 Å². The van der Waals surface area contributed by atoms with Crippen LogP contribution in [0.1, 0.15) is 25.3 Å². The van der Waals surface area contributed by atoms with Crippen LogP contribution in [0.5, 0.6) is 5.75 Å². The number of fused-ring (bicyclic) bond motifs is 1. The highest BCUT2D eigenvalue weighted by Gasteiger charge is 2.56. The lowest BCUT2D eigenvalue weighted by Crippen LogP contribution is -2.61. The summed E-state index contributed by atoms with van der Waals surface area (Å²) in [6.45, 7) is 0.850. The van der Waals surface area contributed by atoms with Crippen molar-refractivity contribution in [3.05, 3.63) is 47.7 Å². The van der Waals surface area contributed by atoms with Gasteiger partial charge < -0.3 is 49.6 Å². The van der Waals surface area contributed by atoms with E-state index < -0.39 is 73.0 Å². The van der Waals surface area contributed by atoms with E-state index in [0.29, 0.717) is 12.0 Å². The fraction of sp³-hybridized carbons (Fsp3) is 0.520. The first-order valence-electron chi connectivity index (χ1n) is 11.8.